The van der Waals surface area contributed by atoms with Crippen LogP contribution >= 0.6 is 0 Å². The predicted molar refractivity (Wildman–Crippen MR) is 78.7 cm³/mol. The lowest BCUT2D eigenvalue weighted by atomic mass is 10.1. The SMILES string of the molecule is CNCC1CCN(C(=O)/C=C(\C)c2ccc(F)cc2)C1. The molecular formula is C16H21FN2O. The number of allylic oxidation sites excluding steroid dienone is 1. The van der Waals surface area contributed by atoms with Crippen LogP contribution in [-0.4, -0.2) is 37.5 Å². The summed E-state index contributed by atoms with van der Waals surface area (Å²) in [7, 11) is 1.93. The molecule has 0 aliphatic carbocycles. The van der Waals surface area contributed by atoms with Crippen molar-refractivity contribution in [2.24, 2.45) is 5.92 Å². The predicted octanol–water partition coefficient (Wildman–Crippen LogP) is 2.30. The number of benzene rings is 1. The number of carbonyl (C=O) groups is 1. The number of rotatable bonds is 4. The number of hydrogen-bond donors (Lipinski definition) is 1. The molecule has 1 heterocycles. The average molecular weight is 276 g/mol. The molecule has 1 saturated heterocycles. The highest BCUT2D eigenvalue weighted by Crippen LogP contribution is 2.18. The Balaban J connectivity index is 1.99. The molecule has 1 aliphatic rings. The summed E-state index contributed by atoms with van der Waals surface area (Å²) < 4.78 is 12.9. The molecule has 2 rings (SSSR count). The van der Waals surface area contributed by atoms with Gasteiger partial charge in [0.15, 0.2) is 0 Å². The summed E-state index contributed by atoms with van der Waals surface area (Å²) in [5.41, 5.74) is 1.75. The van der Waals surface area contributed by atoms with Crippen LogP contribution in [0.15, 0.2) is 30.3 Å². The lowest BCUT2D eigenvalue weighted by Gasteiger charge is -2.15. The Morgan fingerprint density at radius 3 is 2.80 bits per heavy atom. The third-order valence-electron chi connectivity index (χ3n) is 3.73. The van der Waals surface area contributed by atoms with Gasteiger partial charge in [-0.1, -0.05) is 12.1 Å². The summed E-state index contributed by atoms with van der Waals surface area (Å²) in [6.07, 6.45) is 2.70. The smallest absolute Gasteiger partial charge is 0.246 e. The highest BCUT2D eigenvalue weighted by atomic mass is 19.1. The molecule has 0 spiro atoms. The van der Waals surface area contributed by atoms with Crippen molar-refractivity contribution in [3.05, 3.63) is 41.7 Å². The number of halogens is 1. The first kappa shape index (κ1) is 14.7. The minimum absolute atomic E-state index is 0.0467. The van der Waals surface area contributed by atoms with E-state index in [4.69, 9.17) is 0 Å². The van der Waals surface area contributed by atoms with Crippen LogP contribution in [0.25, 0.3) is 5.57 Å². The molecule has 0 radical (unpaired) electrons. The van der Waals surface area contributed by atoms with E-state index in [0.29, 0.717) is 5.92 Å². The molecule has 1 aromatic carbocycles. The van der Waals surface area contributed by atoms with Crippen molar-refractivity contribution in [1.29, 1.82) is 0 Å². The number of amides is 1. The van der Waals surface area contributed by atoms with Crippen molar-refractivity contribution in [2.75, 3.05) is 26.7 Å². The van der Waals surface area contributed by atoms with Gasteiger partial charge in [0.2, 0.25) is 5.91 Å². The van der Waals surface area contributed by atoms with Gasteiger partial charge in [0.05, 0.1) is 0 Å². The van der Waals surface area contributed by atoms with E-state index in [1.54, 1.807) is 18.2 Å². The summed E-state index contributed by atoms with van der Waals surface area (Å²) in [5, 5.41) is 3.15. The molecule has 4 heteroatoms. The van der Waals surface area contributed by atoms with Gasteiger partial charge >= 0.3 is 0 Å². The van der Waals surface area contributed by atoms with Gasteiger partial charge in [-0.3, -0.25) is 4.79 Å². The van der Waals surface area contributed by atoms with Crippen LogP contribution in [0, 0.1) is 11.7 Å². The first-order valence-corrected chi connectivity index (χ1v) is 6.98. The first-order chi connectivity index (χ1) is 9.60. The topological polar surface area (TPSA) is 32.3 Å². The minimum atomic E-state index is -0.262. The van der Waals surface area contributed by atoms with E-state index in [1.165, 1.54) is 12.1 Å². The Hall–Kier alpha value is -1.68. The van der Waals surface area contributed by atoms with E-state index >= 15 is 0 Å². The van der Waals surface area contributed by atoms with E-state index < -0.39 is 0 Å². The van der Waals surface area contributed by atoms with Crippen molar-refractivity contribution < 1.29 is 9.18 Å². The summed E-state index contributed by atoms with van der Waals surface area (Å²) in [4.78, 5) is 14.1. The molecule has 1 unspecified atom stereocenters. The molecular weight excluding hydrogens is 255 g/mol. The summed E-state index contributed by atoms with van der Waals surface area (Å²) >= 11 is 0. The Labute approximate surface area is 119 Å². The van der Waals surface area contributed by atoms with E-state index in [0.717, 1.165) is 37.2 Å². The second-order valence-corrected chi connectivity index (χ2v) is 5.33. The van der Waals surface area contributed by atoms with E-state index in [-0.39, 0.29) is 11.7 Å². The van der Waals surface area contributed by atoms with Crippen LogP contribution in [0.1, 0.15) is 18.9 Å². The standard InChI is InChI=1S/C16H21FN2O/c1-12(14-3-5-15(17)6-4-14)9-16(20)19-8-7-13(11-19)10-18-2/h3-6,9,13,18H,7-8,10-11H2,1-2H3/b12-9+. The second-order valence-electron chi connectivity index (χ2n) is 5.33. The van der Waals surface area contributed by atoms with Gasteiger partial charge < -0.3 is 10.2 Å². The van der Waals surface area contributed by atoms with E-state index in [2.05, 4.69) is 5.32 Å². The van der Waals surface area contributed by atoms with Gasteiger partial charge in [-0.25, -0.2) is 4.39 Å². The zero-order chi connectivity index (χ0) is 14.5. The van der Waals surface area contributed by atoms with Crippen molar-refractivity contribution in [1.82, 2.24) is 10.2 Å². The molecule has 1 aromatic rings. The molecule has 1 aliphatic heterocycles. The van der Waals surface area contributed by atoms with Crippen molar-refractivity contribution in [3.63, 3.8) is 0 Å². The summed E-state index contributed by atoms with van der Waals surface area (Å²) in [5.74, 6) is 0.330. The highest BCUT2D eigenvalue weighted by molar-refractivity contribution is 5.95. The van der Waals surface area contributed by atoms with Gasteiger partial charge in [0.25, 0.3) is 0 Å². The third kappa shape index (κ3) is 3.67. The minimum Gasteiger partial charge on any atom is -0.339 e. The number of carbonyl (C=O) groups excluding carboxylic acids is 1. The van der Waals surface area contributed by atoms with Crippen LogP contribution in [0.3, 0.4) is 0 Å². The van der Waals surface area contributed by atoms with Gasteiger partial charge in [-0.15, -0.1) is 0 Å². The lowest BCUT2D eigenvalue weighted by Crippen LogP contribution is -2.29. The Morgan fingerprint density at radius 2 is 2.15 bits per heavy atom. The first-order valence-electron chi connectivity index (χ1n) is 6.98. The molecule has 0 aromatic heterocycles. The number of likely N-dealkylation sites (tertiary alicyclic amines) is 1. The maximum Gasteiger partial charge on any atom is 0.246 e. The van der Waals surface area contributed by atoms with E-state index in [1.807, 2.05) is 18.9 Å². The van der Waals surface area contributed by atoms with Crippen LogP contribution < -0.4 is 5.32 Å². The molecule has 20 heavy (non-hydrogen) atoms. The molecule has 0 bridgehead atoms. The molecule has 1 amide bonds. The number of nitrogens with one attached hydrogen (secondary N) is 1. The molecule has 108 valence electrons. The van der Waals surface area contributed by atoms with Crippen LogP contribution in [0.4, 0.5) is 4.39 Å². The van der Waals surface area contributed by atoms with Gasteiger partial charge in [0, 0.05) is 19.2 Å². The third-order valence-corrected chi connectivity index (χ3v) is 3.73. The average Bonchev–Trinajstić information content (AvgIpc) is 2.88. The maximum atomic E-state index is 12.9. The Kier molecular flexibility index (Phi) is 4.90. The monoisotopic (exact) mass is 276 g/mol. The zero-order valence-corrected chi connectivity index (χ0v) is 12.0. The quantitative estimate of drug-likeness (QED) is 0.856. The molecule has 1 N–H and O–H groups in total. The number of nitrogens with zero attached hydrogens (tertiary/aromatic N) is 1. The molecule has 1 atom stereocenters. The van der Waals surface area contributed by atoms with Gasteiger partial charge in [-0.05, 0) is 56.1 Å². The lowest BCUT2D eigenvalue weighted by molar-refractivity contribution is -0.125. The molecule has 3 nitrogen and oxygen atoms in total. The second kappa shape index (κ2) is 6.66. The summed E-state index contributed by atoms with van der Waals surface area (Å²) in [6.45, 7) is 4.46. The summed E-state index contributed by atoms with van der Waals surface area (Å²) in [6, 6.07) is 6.22. The zero-order valence-electron chi connectivity index (χ0n) is 12.0. The maximum absolute atomic E-state index is 12.9. The van der Waals surface area contributed by atoms with Crippen molar-refractivity contribution in [3.8, 4) is 0 Å². The fourth-order valence-corrected chi connectivity index (χ4v) is 2.56. The van der Waals surface area contributed by atoms with Crippen LogP contribution in [0.2, 0.25) is 0 Å². The Morgan fingerprint density at radius 1 is 1.45 bits per heavy atom. The van der Waals surface area contributed by atoms with Crippen LogP contribution in [0.5, 0.6) is 0 Å². The fourth-order valence-electron chi connectivity index (χ4n) is 2.56. The molecule has 0 saturated carbocycles. The number of hydrogen-bond acceptors (Lipinski definition) is 2. The fraction of sp³-hybridized carbons (Fsp3) is 0.438. The van der Waals surface area contributed by atoms with Crippen molar-refractivity contribution in [2.45, 2.75) is 13.3 Å². The van der Waals surface area contributed by atoms with Gasteiger partial charge in [0.1, 0.15) is 5.82 Å². The highest BCUT2D eigenvalue weighted by Gasteiger charge is 2.24. The van der Waals surface area contributed by atoms with E-state index in [9.17, 15) is 9.18 Å². The normalized spacial score (nSPS) is 19.4. The van der Waals surface area contributed by atoms with Gasteiger partial charge in [-0.2, -0.15) is 0 Å². The Bertz CT molecular complexity index is 496. The largest absolute Gasteiger partial charge is 0.339 e. The van der Waals surface area contributed by atoms with Crippen molar-refractivity contribution >= 4 is 11.5 Å². The van der Waals surface area contributed by atoms with Crippen LogP contribution in [-0.2, 0) is 4.79 Å². The molecule has 1 fully saturated rings.